The molecule has 1 saturated heterocycles. The van der Waals surface area contributed by atoms with Gasteiger partial charge in [-0.3, -0.25) is 52.7 Å². The standard InChI is InChI=1S/C56H98N16O13/c1-6-7-8-9-13-16-44(75)63-37(19-25-57)52(81)72-46(34(5)74)56(85)69-40(22-28-60)49(78)68-42-24-30-62-55(84)45(33(4)73)71-53(82)41(23-29-61)67-48(77)38(20-26-58)65-47(76)36(18-17-32(2)3)64-54(83)43(31-35-14-11-10-12-15-35)70-50(79)39(21-27-59)66-51(42)80/h10-12,14-15,32-34,36-43,45-46,73-74H,6-9,13,16-31,57-61H2,1-5H3,(H,62,84)(H,63,75)(H,64,83)(H,65,76)(H,66,80)(H,67,77)(H,68,78)(H,69,85)(H,70,79)(H,71,82)(H,72,81)/t33-,34+,36+,37+,38+,39-,40+,41+,42+,43-,45+,46+/m1/s1. The molecule has 0 saturated carbocycles. The maximum absolute atomic E-state index is 14.5. The van der Waals surface area contributed by atoms with Crippen molar-refractivity contribution >= 4 is 65.0 Å². The molecule has 85 heavy (non-hydrogen) atoms. The van der Waals surface area contributed by atoms with Crippen LogP contribution in [0.5, 0.6) is 0 Å². The zero-order valence-corrected chi connectivity index (χ0v) is 50.0. The molecule has 0 aliphatic carbocycles. The number of aliphatic hydroxyl groups is 2. The van der Waals surface area contributed by atoms with Crippen LogP contribution in [0.3, 0.4) is 0 Å². The second-order valence-corrected chi connectivity index (χ2v) is 21.8. The molecule has 23 N–H and O–H groups in total. The highest BCUT2D eigenvalue weighted by Gasteiger charge is 2.37. The quantitative estimate of drug-likeness (QED) is 0.0321. The lowest BCUT2D eigenvalue weighted by Gasteiger charge is -2.29. The van der Waals surface area contributed by atoms with Crippen LogP contribution in [0.4, 0.5) is 0 Å². The highest BCUT2D eigenvalue weighted by molar-refractivity contribution is 5.99. The Bertz CT molecular complexity index is 2300. The molecule has 0 aromatic heterocycles. The van der Waals surface area contributed by atoms with Gasteiger partial charge < -0.3 is 97.4 Å². The molecule has 480 valence electrons. The monoisotopic (exact) mass is 1200 g/mol. The van der Waals surface area contributed by atoms with Gasteiger partial charge >= 0.3 is 0 Å². The van der Waals surface area contributed by atoms with E-state index in [1.54, 1.807) is 30.3 Å². The first-order chi connectivity index (χ1) is 40.4. The van der Waals surface area contributed by atoms with Crippen LogP contribution >= 0.6 is 0 Å². The van der Waals surface area contributed by atoms with E-state index in [0.717, 1.165) is 25.7 Å². The lowest BCUT2D eigenvalue weighted by molar-refractivity contribution is -0.137. The van der Waals surface area contributed by atoms with Gasteiger partial charge in [0.2, 0.25) is 65.0 Å². The lowest BCUT2D eigenvalue weighted by atomic mass is 10.00. The third kappa shape index (κ3) is 27.4. The van der Waals surface area contributed by atoms with E-state index in [0.29, 0.717) is 18.4 Å². The number of nitrogens with two attached hydrogens (primary N) is 5. The van der Waals surface area contributed by atoms with Gasteiger partial charge in [0.1, 0.15) is 60.4 Å². The Kier molecular flexibility index (Phi) is 35.3. The van der Waals surface area contributed by atoms with Crippen LogP contribution in [0.15, 0.2) is 30.3 Å². The van der Waals surface area contributed by atoms with Crippen molar-refractivity contribution < 1.29 is 63.0 Å². The summed E-state index contributed by atoms with van der Waals surface area (Å²) in [5, 5.41) is 49.7. The fourth-order valence-electron chi connectivity index (χ4n) is 9.09. The van der Waals surface area contributed by atoms with Gasteiger partial charge in [0.15, 0.2) is 0 Å². The maximum Gasteiger partial charge on any atom is 0.245 e. The molecule has 1 fully saturated rings. The van der Waals surface area contributed by atoms with Crippen molar-refractivity contribution in [2.75, 3.05) is 39.3 Å². The highest BCUT2D eigenvalue weighted by atomic mass is 16.3. The van der Waals surface area contributed by atoms with Crippen LogP contribution in [0.25, 0.3) is 0 Å². The molecule has 1 aliphatic heterocycles. The Labute approximate surface area is 498 Å². The number of rotatable bonds is 30. The summed E-state index contributed by atoms with van der Waals surface area (Å²) in [4.78, 5) is 154. The first-order valence-corrected chi connectivity index (χ1v) is 29.7. The van der Waals surface area contributed by atoms with Crippen molar-refractivity contribution in [3.8, 4) is 0 Å². The van der Waals surface area contributed by atoms with Gasteiger partial charge in [-0.15, -0.1) is 0 Å². The summed E-state index contributed by atoms with van der Waals surface area (Å²) >= 11 is 0. The predicted octanol–water partition coefficient (Wildman–Crippen LogP) is -5.10. The Morgan fingerprint density at radius 3 is 1.52 bits per heavy atom. The van der Waals surface area contributed by atoms with Gasteiger partial charge in [-0.1, -0.05) is 76.8 Å². The number of aliphatic hydroxyl groups excluding tert-OH is 2. The van der Waals surface area contributed by atoms with Crippen LogP contribution in [-0.2, 0) is 59.2 Å². The topological polar surface area (TPSA) is 491 Å². The van der Waals surface area contributed by atoms with Crippen molar-refractivity contribution in [3.05, 3.63) is 35.9 Å². The van der Waals surface area contributed by atoms with Gasteiger partial charge in [-0.2, -0.15) is 0 Å². The fraction of sp³-hybridized carbons (Fsp3) is 0.696. The summed E-state index contributed by atoms with van der Waals surface area (Å²) in [7, 11) is 0. The molecule has 0 unspecified atom stereocenters. The van der Waals surface area contributed by atoms with Gasteiger partial charge in [-0.25, -0.2) is 0 Å². The molecule has 11 amide bonds. The van der Waals surface area contributed by atoms with Crippen molar-refractivity contribution in [1.82, 2.24) is 58.5 Å². The molecular weight excluding hydrogens is 1100 g/mol. The molecule has 12 atom stereocenters. The molecule has 1 aromatic carbocycles. The molecule has 0 spiro atoms. The van der Waals surface area contributed by atoms with Crippen molar-refractivity contribution in [2.24, 2.45) is 34.6 Å². The molecule has 2 rings (SSSR count). The SMILES string of the molecule is CCCCCCCC(=O)N[C@@H](CCN)C(=O)N[C@H](C(=O)N[C@@H](CCN)C(=O)N[C@H]1CCNC(=O)[C@H]([C@@H](C)O)NC(=O)[C@H](CCN)NC(=O)[C@H](CCN)NC(=O)[C@H](CCC(C)C)NC(=O)[C@@H](Cc2ccccc2)NC(=O)[C@@H](CCN)NC1=O)[C@H](C)O. The van der Waals surface area contributed by atoms with E-state index in [1.165, 1.54) is 13.8 Å². The smallest absolute Gasteiger partial charge is 0.245 e. The third-order valence-corrected chi connectivity index (χ3v) is 14.0. The van der Waals surface area contributed by atoms with E-state index in [-0.39, 0.29) is 90.0 Å². The largest absolute Gasteiger partial charge is 0.391 e. The van der Waals surface area contributed by atoms with E-state index in [9.17, 15) is 63.0 Å². The normalized spacial score (nSPS) is 22.5. The summed E-state index contributed by atoms with van der Waals surface area (Å²) in [5.74, 6) is -9.66. The lowest BCUT2D eigenvalue weighted by Crippen LogP contribution is -2.62. The second kappa shape index (κ2) is 40.4. The maximum atomic E-state index is 14.5. The Hall–Kier alpha value is -6.89. The summed E-state index contributed by atoms with van der Waals surface area (Å²) < 4.78 is 0. The van der Waals surface area contributed by atoms with E-state index in [2.05, 4.69) is 65.4 Å². The van der Waals surface area contributed by atoms with Gasteiger partial charge in [-0.05, 0) is 116 Å². The van der Waals surface area contributed by atoms with Crippen LogP contribution in [0.2, 0.25) is 0 Å². The van der Waals surface area contributed by atoms with E-state index < -0.39 is 151 Å². The molecule has 1 aromatic rings. The summed E-state index contributed by atoms with van der Waals surface area (Å²) in [6.45, 7) is 7.10. The number of hydrogen-bond acceptors (Lipinski definition) is 18. The van der Waals surface area contributed by atoms with Crippen molar-refractivity contribution in [1.29, 1.82) is 0 Å². The van der Waals surface area contributed by atoms with Crippen LogP contribution in [0.1, 0.15) is 130 Å². The third-order valence-electron chi connectivity index (χ3n) is 14.0. The number of hydrogen-bond donors (Lipinski definition) is 18. The molecule has 29 heteroatoms. The summed E-state index contributed by atoms with van der Waals surface area (Å²) in [6, 6.07) is -6.18. The van der Waals surface area contributed by atoms with Gasteiger partial charge in [0, 0.05) is 19.4 Å². The number of nitrogens with one attached hydrogen (secondary N) is 11. The number of carbonyl (C=O) groups is 11. The molecule has 1 heterocycles. The minimum atomic E-state index is -1.70. The van der Waals surface area contributed by atoms with E-state index in [4.69, 9.17) is 28.7 Å². The van der Waals surface area contributed by atoms with Crippen LogP contribution < -0.4 is 87.2 Å². The molecule has 0 bridgehead atoms. The number of amides is 11. The minimum absolute atomic E-state index is 0.0142. The number of carbonyl (C=O) groups excluding carboxylic acids is 11. The summed E-state index contributed by atoms with van der Waals surface area (Å²) in [5.41, 5.74) is 30.0. The average Bonchev–Trinajstić information content (AvgIpc) is 3.62. The van der Waals surface area contributed by atoms with Crippen LogP contribution in [-0.4, -0.2) is 187 Å². The van der Waals surface area contributed by atoms with E-state index in [1.807, 2.05) is 13.8 Å². The molecule has 29 nitrogen and oxygen atoms in total. The number of benzene rings is 1. The minimum Gasteiger partial charge on any atom is -0.391 e. The zero-order chi connectivity index (χ0) is 63.6. The second-order valence-electron chi connectivity index (χ2n) is 21.8. The first-order valence-electron chi connectivity index (χ1n) is 29.7. The number of unbranched alkanes of at least 4 members (excludes halogenated alkanes) is 4. The zero-order valence-electron chi connectivity index (χ0n) is 50.0. The van der Waals surface area contributed by atoms with Crippen molar-refractivity contribution in [3.63, 3.8) is 0 Å². The van der Waals surface area contributed by atoms with Gasteiger partial charge in [0.25, 0.3) is 0 Å². The first kappa shape index (κ1) is 74.2. The molecule has 1 aliphatic rings. The molecule has 0 radical (unpaired) electrons. The average molecular weight is 1200 g/mol. The van der Waals surface area contributed by atoms with Gasteiger partial charge in [0.05, 0.1) is 12.2 Å². The highest BCUT2D eigenvalue weighted by Crippen LogP contribution is 2.13. The molecular formula is C56H98N16O13. The summed E-state index contributed by atoms with van der Waals surface area (Å²) in [6.07, 6.45) is 0.480. The Morgan fingerprint density at radius 1 is 0.541 bits per heavy atom. The predicted molar refractivity (Wildman–Crippen MR) is 316 cm³/mol. The van der Waals surface area contributed by atoms with Crippen LogP contribution in [0, 0.1) is 5.92 Å². The van der Waals surface area contributed by atoms with E-state index >= 15 is 0 Å². The van der Waals surface area contributed by atoms with Crippen molar-refractivity contribution in [2.45, 2.75) is 204 Å². The fourth-order valence-corrected chi connectivity index (χ4v) is 9.09. The Morgan fingerprint density at radius 2 is 1.02 bits per heavy atom. The Balaban J connectivity index is 2.69.